The first kappa shape index (κ1) is 43.0. The van der Waals surface area contributed by atoms with E-state index in [1.165, 1.54) is 17.1 Å². The van der Waals surface area contributed by atoms with E-state index in [1.54, 1.807) is 12.1 Å². The molecule has 0 bridgehead atoms. The quantitative estimate of drug-likeness (QED) is 0.162. The molecule has 2 aliphatic heterocycles. The van der Waals surface area contributed by atoms with E-state index in [2.05, 4.69) is 25.2 Å². The van der Waals surface area contributed by atoms with Gasteiger partial charge in [-0.1, -0.05) is 24.4 Å². The van der Waals surface area contributed by atoms with Gasteiger partial charge >= 0.3 is 0 Å². The number of rotatable bonds is 15. The highest BCUT2D eigenvalue weighted by Gasteiger charge is 2.67. The number of alkyl halides is 6. The minimum Gasteiger partial charge on any atom is -0.478 e. The lowest BCUT2D eigenvalue weighted by atomic mass is 9.89. The van der Waals surface area contributed by atoms with Crippen LogP contribution in [0.25, 0.3) is 0 Å². The van der Waals surface area contributed by atoms with Crippen molar-refractivity contribution in [2.24, 2.45) is 27.8 Å². The third-order valence-corrected chi connectivity index (χ3v) is 12.7. The van der Waals surface area contributed by atoms with Crippen molar-refractivity contribution in [2.75, 3.05) is 19.4 Å². The Hall–Kier alpha value is -5.25. The van der Waals surface area contributed by atoms with Crippen molar-refractivity contribution in [1.29, 1.82) is 0 Å². The Bertz CT molecular complexity index is 2580. The summed E-state index contributed by atoms with van der Waals surface area (Å²) in [7, 11) is -4.01. The van der Waals surface area contributed by atoms with Crippen LogP contribution in [-0.4, -0.2) is 88.6 Å². The molecule has 5 atom stereocenters. The Labute approximate surface area is 359 Å². The summed E-state index contributed by atoms with van der Waals surface area (Å²) in [6, 6.07) is 3.24. The van der Waals surface area contributed by atoms with Crippen molar-refractivity contribution in [1.82, 2.24) is 34.7 Å². The van der Waals surface area contributed by atoms with Gasteiger partial charge in [0, 0.05) is 46.3 Å². The van der Waals surface area contributed by atoms with Crippen LogP contribution in [0.1, 0.15) is 66.1 Å². The number of hydrazone groups is 1. The first-order valence-electron chi connectivity index (χ1n) is 20.0. The van der Waals surface area contributed by atoms with Gasteiger partial charge in [-0.15, -0.1) is 0 Å². The third-order valence-electron chi connectivity index (χ3n) is 11.8. The molecule has 2 saturated carbocycles. The Morgan fingerprint density at radius 1 is 1.08 bits per heavy atom. The van der Waals surface area contributed by atoms with Crippen LogP contribution in [0.2, 0.25) is 0 Å². The fraction of sp³-hybridized carbons (Fsp3) is 0.475. The van der Waals surface area contributed by atoms with Crippen LogP contribution < -0.4 is 14.8 Å². The molecule has 3 aromatic rings. The number of hydrogen-bond acceptors (Lipinski definition) is 10. The standard InChI is InChI=1S/C40H38ClF8N9O4S/c1-63(60,61)55-38-32-25(41)5-6-27(34(32)57(54-38)16-28(44)45)56-15-20-4-7-30(62-9-8-18-2-3-18)51-37(20)52-39(56)26(12-19-10-21(42)13-22(43)11-19)50-29(59)17-58-35-31(33(53-58)36(46)47)23-14-24(23)40(35,48)49/h4-7,10-11,13,18,23-24,26,28,32,34,36H,2-3,8-9,12,14-17H2,1H3,(H,50,59)(H,54,55)/t23-,24+,26-,32?,34?/m0/s1. The second kappa shape index (κ2) is 16.1. The lowest BCUT2D eigenvalue weighted by Gasteiger charge is -2.42. The molecule has 2 fully saturated rings. The largest absolute Gasteiger partial charge is 0.478 e. The lowest BCUT2D eigenvalue weighted by Crippen LogP contribution is -2.54. The Balaban J connectivity index is 1.13. The fourth-order valence-electron chi connectivity index (χ4n) is 8.91. The van der Waals surface area contributed by atoms with Gasteiger partial charge in [-0.05, 0) is 60.6 Å². The molecule has 2 unspecified atom stereocenters. The van der Waals surface area contributed by atoms with E-state index in [4.69, 9.17) is 21.3 Å². The van der Waals surface area contributed by atoms with Crippen LogP contribution in [0, 0.1) is 29.4 Å². The smallest absolute Gasteiger partial charge is 0.293 e. The van der Waals surface area contributed by atoms with Crippen LogP contribution >= 0.6 is 11.6 Å². The molecule has 63 heavy (non-hydrogen) atoms. The zero-order chi connectivity index (χ0) is 44.7. The number of aromatic nitrogens is 3. The van der Waals surface area contributed by atoms with Gasteiger partial charge in [-0.25, -0.2) is 39.8 Å². The molecule has 0 saturated heterocycles. The monoisotopic (exact) mass is 927 g/mol. The summed E-state index contributed by atoms with van der Waals surface area (Å²) in [6.45, 7) is -1.73. The topological polar surface area (TPSA) is 146 Å². The number of sulfonamides is 1. The Morgan fingerprint density at radius 2 is 1.83 bits per heavy atom. The summed E-state index contributed by atoms with van der Waals surface area (Å²) in [5, 5.41) is 11.6. The summed E-state index contributed by atoms with van der Waals surface area (Å²) < 4.78 is 151. The van der Waals surface area contributed by atoms with Crippen LogP contribution in [0.4, 0.5) is 40.9 Å². The van der Waals surface area contributed by atoms with E-state index < -0.39 is 107 Å². The van der Waals surface area contributed by atoms with Gasteiger partial charge in [0.2, 0.25) is 21.8 Å². The number of benzene rings is 1. The minimum absolute atomic E-state index is 0.00792. The molecule has 336 valence electrons. The van der Waals surface area contributed by atoms with Crippen LogP contribution in [-0.2, 0) is 40.3 Å². The Kier molecular flexibility index (Phi) is 11.0. The van der Waals surface area contributed by atoms with E-state index in [-0.39, 0.29) is 58.2 Å². The number of amides is 1. The molecule has 4 heterocycles. The normalized spacial score (nSPS) is 23.6. The van der Waals surface area contributed by atoms with E-state index in [0.29, 0.717) is 28.8 Å². The number of nitrogens with zero attached hydrogens (tertiary/aromatic N) is 7. The van der Waals surface area contributed by atoms with Crippen LogP contribution in [0.5, 0.6) is 5.88 Å². The second-order valence-corrected chi connectivity index (χ2v) is 18.7. The molecule has 9 rings (SSSR count). The average molecular weight is 928 g/mol. The summed E-state index contributed by atoms with van der Waals surface area (Å²) in [5.41, 5.74) is -1.30. The van der Waals surface area contributed by atoms with Crippen molar-refractivity contribution in [3.8, 4) is 5.88 Å². The van der Waals surface area contributed by atoms with Crippen molar-refractivity contribution in [3.63, 3.8) is 0 Å². The van der Waals surface area contributed by atoms with Crippen LogP contribution in [0.3, 0.4) is 0 Å². The number of allylic oxidation sites excluding steroid dienone is 2. The number of aliphatic imine (C=N–C) groups is 1. The maximum atomic E-state index is 15.5. The number of ether oxygens (including phenoxy) is 1. The van der Waals surface area contributed by atoms with Gasteiger partial charge in [-0.3, -0.25) is 19.2 Å². The van der Waals surface area contributed by atoms with Gasteiger partial charge in [0.15, 0.2) is 5.82 Å². The first-order chi connectivity index (χ1) is 29.8. The maximum absolute atomic E-state index is 15.5. The summed E-state index contributed by atoms with van der Waals surface area (Å²) in [5.74, 6) is -9.22. The number of carbonyl (C=O) groups is 1. The zero-order valence-electron chi connectivity index (χ0n) is 33.1. The number of nitrogens with one attached hydrogen (secondary N) is 2. The van der Waals surface area contributed by atoms with Gasteiger partial charge in [0.25, 0.3) is 18.8 Å². The molecule has 1 amide bonds. The van der Waals surface area contributed by atoms with Crippen molar-refractivity contribution in [3.05, 3.63) is 92.9 Å². The molecule has 2 N–H and O–H groups in total. The van der Waals surface area contributed by atoms with Crippen molar-refractivity contribution >= 4 is 45.0 Å². The number of carbonyl (C=O) groups excluding carboxylic acids is 1. The van der Waals surface area contributed by atoms with E-state index in [1.807, 2.05) is 0 Å². The molecule has 0 spiro atoms. The molecule has 0 radical (unpaired) electrons. The van der Waals surface area contributed by atoms with Crippen molar-refractivity contribution in [2.45, 2.75) is 82.0 Å². The minimum atomic E-state index is -4.01. The van der Waals surface area contributed by atoms with Gasteiger partial charge in [0.05, 0.1) is 37.9 Å². The summed E-state index contributed by atoms with van der Waals surface area (Å²) >= 11 is 6.66. The molecule has 23 heteroatoms. The molecule has 2 aromatic heterocycles. The molecule has 6 aliphatic rings. The number of fused-ring (bicyclic) bond motifs is 5. The molecular weight excluding hydrogens is 890 g/mol. The number of amidine groups is 2. The number of halogens is 9. The average Bonchev–Trinajstić information content (AvgIpc) is 4.10. The Morgan fingerprint density at radius 3 is 2.51 bits per heavy atom. The van der Waals surface area contributed by atoms with E-state index in [0.717, 1.165) is 42.7 Å². The third kappa shape index (κ3) is 8.59. The highest BCUT2D eigenvalue weighted by molar-refractivity contribution is 7.89. The van der Waals surface area contributed by atoms with Gasteiger partial charge < -0.3 is 15.0 Å². The number of hydrogen-bond donors (Lipinski definition) is 2. The molecular formula is C40H38ClF8N9O4S. The fourth-order valence-corrected chi connectivity index (χ4v) is 9.74. The summed E-state index contributed by atoms with van der Waals surface area (Å²) in [6.07, 6.45) is 0.1000. The molecule has 13 nitrogen and oxygen atoms in total. The number of pyridine rings is 1. The molecule has 1 aromatic carbocycles. The van der Waals surface area contributed by atoms with Gasteiger partial charge in [-0.2, -0.15) is 24.0 Å². The summed E-state index contributed by atoms with van der Waals surface area (Å²) in [4.78, 5) is 25.1. The van der Waals surface area contributed by atoms with E-state index >= 15 is 8.78 Å². The zero-order valence-corrected chi connectivity index (χ0v) is 34.7. The lowest BCUT2D eigenvalue weighted by molar-refractivity contribution is -0.122. The van der Waals surface area contributed by atoms with Gasteiger partial charge in [0.1, 0.15) is 47.3 Å². The van der Waals surface area contributed by atoms with Crippen molar-refractivity contribution < 1.29 is 53.1 Å². The highest BCUT2D eigenvalue weighted by Crippen LogP contribution is 2.68. The maximum Gasteiger partial charge on any atom is 0.293 e. The molecule has 4 aliphatic carbocycles. The predicted octanol–water partition coefficient (Wildman–Crippen LogP) is 6.60. The highest BCUT2D eigenvalue weighted by atomic mass is 35.5. The predicted molar refractivity (Wildman–Crippen MR) is 211 cm³/mol. The second-order valence-electron chi connectivity index (χ2n) is 16.5. The SMILES string of the molecule is CS(=O)(=O)NC1=NN(CC(F)F)C2C(N3Cc4ccc(OCCC5CC5)nc4N=C3[C@H](Cc3cc(F)cc(F)c3)NC(=O)Cn3nc(C(F)F)c4c3C(F)(F)[C@@H]3C[C@H]43)=CC=C(Cl)C12. The van der Waals surface area contributed by atoms with Crippen LogP contribution in [0.15, 0.2) is 63.3 Å². The van der Waals surface area contributed by atoms with E-state index in [9.17, 15) is 39.6 Å². The first-order valence-corrected chi connectivity index (χ1v) is 22.3.